The highest BCUT2D eigenvalue weighted by Crippen LogP contribution is 2.50. The minimum absolute atomic E-state index is 0.463. The van der Waals surface area contributed by atoms with Crippen molar-refractivity contribution >= 4 is 37.9 Å². The van der Waals surface area contributed by atoms with Crippen molar-refractivity contribution in [2.45, 2.75) is 33.6 Å². The van der Waals surface area contributed by atoms with E-state index >= 15 is 0 Å². The van der Waals surface area contributed by atoms with E-state index in [1.54, 1.807) is 0 Å². The molecular formula is C31H26. The molecule has 1 aliphatic carbocycles. The molecule has 1 aliphatic rings. The molecule has 0 unspecified atom stereocenters. The maximum absolute atomic E-state index is 2.48. The number of hydrogen-bond acceptors (Lipinski definition) is 0. The number of rotatable bonds is 1. The van der Waals surface area contributed by atoms with E-state index in [-0.39, 0.29) is 0 Å². The summed E-state index contributed by atoms with van der Waals surface area (Å²) in [4.78, 5) is 0. The summed E-state index contributed by atoms with van der Waals surface area (Å²) in [5.74, 6) is 0.463. The molecule has 0 heteroatoms. The lowest BCUT2D eigenvalue weighted by Crippen LogP contribution is -1.96. The van der Waals surface area contributed by atoms with Crippen LogP contribution < -0.4 is 0 Å². The first kappa shape index (κ1) is 18.4. The number of fused-ring (bicyclic) bond motifs is 7. The maximum atomic E-state index is 2.48. The van der Waals surface area contributed by atoms with E-state index in [4.69, 9.17) is 0 Å². The summed E-state index contributed by atoms with van der Waals surface area (Å²) in [6, 6.07) is 27.2. The molecule has 0 fully saturated rings. The maximum Gasteiger partial charge on any atom is -0.00203 e. The van der Waals surface area contributed by atoms with Crippen LogP contribution in [0, 0.1) is 6.92 Å². The molecule has 0 radical (unpaired) electrons. The first-order valence-corrected chi connectivity index (χ1v) is 11.3. The van der Waals surface area contributed by atoms with E-state index in [9.17, 15) is 0 Å². The molecule has 0 saturated carbocycles. The highest BCUT2D eigenvalue weighted by molar-refractivity contribution is 6.16. The third-order valence-electron chi connectivity index (χ3n) is 7.12. The molecule has 0 N–H and O–H groups in total. The van der Waals surface area contributed by atoms with E-state index in [0.29, 0.717) is 5.92 Å². The summed E-state index contributed by atoms with van der Waals surface area (Å²) in [5.41, 5.74) is 9.71. The molecule has 5 aromatic carbocycles. The van der Waals surface area contributed by atoms with Crippen LogP contribution in [0.15, 0.2) is 78.9 Å². The normalized spacial score (nSPS) is 14.2. The van der Waals surface area contributed by atoms with Gasteiger partial charge in [-0.25, -0.2) is 0 Å². The monoisotopic (exact) mass is 398 g/mol. The minimum atomic E-state index is 0.463. The van der Waals surface area contributed by atoms with Crippen molar-refractivity contribution in [2.24, 2.45) is 0 Å². The summed E-state index contributed by atoms with van der Waals surface area (Å²) in [5, 5.41) is 8.22. The van der Waals surface area contributed by atoms with Gasteiger partial charge in [0, 0.05) is 0 Å². The predicted octanol–water partition coefficient (Wildman–Crippen LogP) is 9.01. The lowest BCUT2D eigenvalue weighted by Gasteiger charge is -2.19. The molecule has 0 bridgehead atoms. The largest absolute Gasteiger partial charge is 0.0791 e. The highest BCUT2D eigenvalue weighted by Gasteiger charge is 2.27. The van der Waals surface area contributed by atoms with Crippen LogP contribution in [0.2, 0.25) is 0 Å². The van der Waals surface area contributed by atoms with E-state index < -0.39 is 0 Å². The highest BCUT2D eigenvalue weighted by atomic mass is 14.3. The van der Waals surface area contributed by atoms with Crippen LogP contribution in [0.5, 0.6) is 0 Å². The smallest absolute Gasteiger partial charge is 0.00203 e. The Morgan fingerprint density at radius 2 is 1.32 bits per heavy atom. The number of benzene rings is 5. The molecule has 0 saturated heterocycles. The van der Waals surface area contributed by atoms with Crippen molar-refractivity contribution in [1.82, 2.24) is 0 Å². The fourth-order valence-corrected chi connectivity index (χ4v) is 5.76. The van der Waals surface area contributed by atoms with Crippen molar-refractivity contribution in [3.63, 3.8) is 0 Å². The van der Waals surface area contributed by atoms with Crippen molar-refractivity contribution in [3.8, 4) is 11.1 Å². The Labute approximate surface area is 183 Å². The van der Waals surface area contributed by atoms with Gasteiger partial charge < -0.3 is 0 Å². The van der Waals surface area contributed by atoms with Gasteiger partial charge in [0.2, 0.25) is 0 Å². The van der Waals surface area contributed by atoms with Gasteiger partial charge >= 0.3 is 0 Å². The van der Waals surface area contributed by atoms with Crippen LogP contribution >= 0.6 is 0 Å². The zero-order valence-corrected chi connectivity index (χ0v) is 18.6. The summed E-state index contributed by atoms with van der Waals surface area (Å²) in [6.45, 7) is 9.10. The van der Waals surface area contributed by atoms with Crippen LogP contribution in [0.4, 0.5) is 0 Å². The predicted molar refractivity (Wildman–Crippen MR) is 136 cm³/mol. The second-order valence-electron chi connectivity index (χ2n) is 9.09. The Kier molecular flexibility index (Phi) is 3.89. The lowest BCUT2D eigenvalue weighted by molar-refractivity contribution is 0.885. The molecule has 0 atom stereocenters. The van der Waals surface area contributed by atoms with E-state index in [1.165, 1.54) is 71.3 Å². The van der Waals surface area contributed by atoms with E-state index in [0.717, 1.165) is 0 Å². The third-order valence-corrected chi connectivity index (χ3v) is 7.12. The zero-order valence-electron chi connectivity index (χ0n) is 18.6. The van der Waals surface area contributed by atoms with Crippen LogP contribution in [0.3, 0.4) is 0 Å². The van der Waals surface area contributed by atoms with Gasteiger partial charge in [-0.15, -0.1) is 0 Å². The molecule has 6 rings (SSSR count). The Bertz CT molecular complexity index is 1560. The summed E-state index contributed by atoms with van der Waals surface area (Å²) in [7, 11) is 0. The summed E-state index contributed by atoms with van der Waals surface area (Å²) < 4.78 is 0. The van der Waals surface area contributed by atoms with Crippen molar-refractivity contribution in [3.05, 3.63) is 101 Å². The Balaban J connectivity index is 1.82. The zero-order chi connectivity index (χ0) is 21.3. The minimum Gasteiger partial charge on any atom is -0.0791 e. The van der Waals surface area contributed by atoms with Gasteiger partial charge in [-0.3, -0.25) is 0 Å². The van der Waals surface area contributed by atoms with Crippen LogP contribution in [0.25, 0.3) is 49.0 Å². The first-order valence-electron chi connectivity index (χ1n) is 11.3. The SMILES string of the molecule is CC=C1c2cc3c(C(C)C)c4ccccc4c(C)c3cc2-c2c1ccc1ccccc21. The molecule has 0 amide bonds. The second-order valence-corrected chi connectivity index (χ2v) is 9.09. The molecule has 0 aromatic heterocycles. The Morgan fingerprint density at radius 1 is 0.645 bits per heavy atom. The molecule has 150 valence electrons. The van der Waals surface area contributed by atoms with E-state index in [2.05, 4.69) is 107 Å². The fraction of sp³-hybridized carbons (Fsp3) is 0.161. The molecule has 31 heavy (non-hydrogen) atoms. The van der Waals surface area contributed by atoms with Gasteiger partial charge in [-0.05, 0) is 103 Å². The Morgan fingerprint density at radius 3 is 2.06 bits per heavy atom. The number of aryl methyl sites for hydroxylation is 1. The van der Waals surface area contributed by atoms with Gasteiger partial charge in [0.05, 0.1) is 0 Å². The average molecular weight is 399 g/mol. The third kappa shape index (κ3) is 2.42. The molecule has 0 aliphatic heterocycles. The van der Waals surface area contributed by atoms with Crippen molar-refractivity contribution in [1.29, 1.82) is 0 Å². The van der Waals surface area contributed by atoms with E-state index in [1.807, 2.05) is 0 Å². The van der Waals surface area contributed by atoms with Crippen molar-refractivity contribution in [2.75, 3.05) is 0 Å². The summed E-state index contributed by atoms with van der Waals surface area (Å²) >= 11 is 0. The topological polar surface area (TPSA) is 0 Å². The molecule has 5 aromatic rings. The number of allylic oxidation sites excluding steroid dienone is 1. The molecule has 0 spiro atoms. The Hall–Kier alpha value is -3.38. The molecular weight excluding hydrogens is 372 g/mol. The molecule has 0 nitrogen and oxygen atoms in total. The van der Waals surface area contributed by atoms with Gasteiger partial charge in [0.15, 0.2) is 0 Å². The van der Waals surface area contributed by atoms with Gasteiger partial charge in [-0.2, -0.15) is 0 Å². The second kappa shape index (κ2) is 6.56. The van der Waals surface area contributed by atoms with Gasteiger partial charge in [0.1, 0.15) is 0 Å². The quantitative estimate of drug-likeness (QED) is 0.242. The lowest BCUT2D eigenvalue weighted by atomic mass is 9.85. The first-order chi connectivity index (χ1) is 15.1. The van der Waals surface area contributed by atoms with Crippen LogP contribution in [0.1, 0.15) is 48.9 Å². The fourth-order valence-electron chi connectivity index (χ4n) is 5.76. The number of hydrogen-bond donors (Lipinski definition) is 0. The summed E-state index contributed by atoms with van der Waals surface area (Å²) in [6.07, 6.45) is 2.29. The van der Waals surface area contributed by atoms with Gasteiger partial charge in [0.25, 0.3) is 0 Å². The molecule has 0 heterocycles. The van der Waals surface area contributed by atoms with Crippen LogP contribution in [-0.4, -0.2) is 0 Å². The average Bonchev–Trinajstić information content (AvgIpc) is 3.11. The van der Waals surface area contributed by atoms with Crippen molar-refractivity contribution < 1.29 is 0 Å². The standard InChI is InChI=1S/C31H26/c1-5-21-25-15-14-20-10-6-7-12-23(20)31(25)29-16-26-19(4)22-11-8-9-13-24(22)30(18(2)3)28(26)17-27(21)29/h5-18H,1-4H3. The van der Waals surface area contributed by atoms with Gasteiger partial charge in [-0.1, -0.05) is 80.6 Å². The van der Waals surface area contributed by atoms with Crippen LogP contribution in [-0.2, 0) is 0 Å².